The summed E-state index contributed by atoms with van der Waals surface area (Å²) < 4.78 is 28.8. The minimum atomic E-state index is -2.88. The highest BCUT2D eigenvalue weighted by molar-refractivity contribution is 7.91. The van der Waals surface area contributed by atoms with Crippen molar-refractivity contribution in [1.29, 1.82) is 0 Å². The monoisotopic (exact) mass is 291 g/mol. The molecule has 0 saturated heterocycles. The van der Waals surface area contributed by atoms with E-state index in [-0.39, 0.29) is 5.25 Å². The van der Waals surface area contributed by atoms with E-state index in [1.54, 1.807) is 0 Å². The van der Waals surface area contributed by atoms with Gasteiger partial charge < -0.3 is 10.1 Å². The van der Waals surface area contributed by atoms with Gasteiger partial charge in [0.2, 0.25) is 0 Å². The van der Waals surface area contributed by atoms with Crippen molar-refractivity contribution >= 4 is 9.84 Å². The van der Waals surface area contributed by atoms with E-state index in [0.717, 1.165) is 51.7 Å². The number of sulfone groups is 1. The fourth-order valence-electron chi connectivity index (χ4n) is 3.10. The van der Waals surface area contributed by atoms with E-state index < -0.39 is 9.84 Å². The molecule has 1 saturated carbocycles. The normalized spacial score (nSPS) is 26.3. The molecular formula is C14H29NO3S. The van der Waals surface area contributed by atoms with Gasteiger partial charge in [0.1, 0.15) is 9.84 Å². The second kappa shape index (κ2) is 8.22. The minimum Gasteiger partial charge on any atom is -0.382 e. The van der Waals surface area contributed by atoms with Crippen molar-refractivity contribution in [2.75, 3.05) is 26.5 Å². The molecule has 3 unspecified atom stereocenters. The van der Waals surface area contributed by atoms with Crippen LogP contribution in [0.3, 0.4) is 0 Å². The minimum absolute atomic E-state index is 0.131. The van der Waals surface area contributed by atoms with Crippen molar-refractivity contribution in [3.8, 4) is 0 Å². The molecule has 1 aliphatic rings. The lowest BCUT2D eigenvalue weighted by atomic mass is 9.82. The van der Waals surface area contributed by atoms with Gasteiger partial charge in [-0.15, -0.1) is 0 Å². The maximum atomic E-state index is 11.7. The van der Waals surface area contributed by atoms with Gasteiger partial charge in [-0.2, -0.15) is 0 Å². The van der Waals surface area contributed by atoms with Gasteiger partial charge in [0.15, 0.2) is 0 Å². The summed E-state index contributed by atoms with van der Waals surface area (Å²) in [4.78, 5) is 0. The van der Waals surface area contributed by atoms with Crippen molar-refractivity contribution in [3.05, 3.63) is 0 Å². The molecule has 114 valence electrons. The van der Waals surface area contributed by atoms with Crippen molar-refractivity contribution < 1.29 is 13.2 Å². The third-order valence-corrected chi connectivity index (χ3v) is 5.86. The molecule has 4 nitrogen and oxygen atoms in total. The Labute approximate surface area is 118 Å². The Hall–Kier alpha value is -0.130. The average molecular weight is 291 g/mol. The molecule has 0 aromatic heterocycles. The van der Waals surface area contributed by atoms with Gasteiger partial charge >= 0.3 is 0 Å². The predicted octanol–water partition coefficient (Wildman–Crippen LogP) is 1.99. The van der Waals surface area contributed by atoms with E-state index in [1.165, 1.54) is 6.26 Å². The third kappa shape index (κ3) is 5.79. The number of hydrogen-bond donors (Lipinski definition) is 1. The fourth-order valence-corrected chi connectivity index (χ4v) is 4.29. The SMILES string of the molecule is CCOCCCC(NC)C1CCCC(S(C)(=O)=O)C1. The van der Waals surface area contributed by atoms with Crippen LogP contribution in [0, 0.1) is 5.92 Å². The summed E-state index contributed by atoms with van der Waals surface area (Å²) >= 11 is 0. The largest absolute Gasteiger partial charge is 0.382 e. The van der Waals surface area contributed by atoms with Gasteiger partial charge in [-0.3, -0.25) is 0 Å². The Morgan fingerprint density at radius 3 is 2.68 bits per heavy atom. The first-order valence-electron chi connectivity index (χ1n) is 7.42. The first kappa shape index (κ1) is 16.9. The molecule has 0 bridgehead atoms. The van der Waals surface area contributed by atoms with E-state index in [9.17, 15) is 8.42 Å². The van der Waals surface area contributed by atoms with E-state index >= 15 is 0 Å². The Bertz CT molecular complexity index is 343. The molecule has 1 N–H and O–H groups in total. The van der Waals surface area contributed by atoms with Gasteiger partial charge in [-0.25, -0.2) is 8.42 Å². The van der Waals surface area contributed by atoms with Gasteiger partial charge in [0.25, 0.3) is 0 Å². The van der Waals surface area contributed by atoms with Gasteiger partial charge in [0, 0.05) is 25.5 Å². The molecule has 1 fully saturated rings. The second-order valence-corrected chi connectivity index (χ2v) is 7.94. The Kier molecular flexibility index (Phi) is 7.32. The van der Waals surface area contributed by atoms with E-state index in [0.29, 0.717) is 12.0 Å². The molecule has 0 aromatic rings. The number of nitrogens with one attached hydrogen (secondary N) is 1. The summed E-state index contributed by atoms with van der Waals surface area (Å²) in [5, 5.41) is 3.24. The number of rotatable bonds is 8. The molecule has 0 aliphatic heterocycles. The summed E-state index contributed by atoms with van der Waals surface area (Å²) in [6.07, 6.45) is 7.32. The van der Waals surface area contributed by atoms with Crippen molar-refractivity contribution in [1.82, 2.24) is 5.32 Å². The van der Waals surface area contributed by atoms with Crippen LogP contribution in [-0.4, -0.2) is 46.2 Å². The van der Waals surface area contributed by atoms with E-state index in [2.05, 4.69) is 5.32 Å². The quantitative estimate of drug-likeness (QED) is 0.695. The van der Waals surface area contributed by atoms with Gasteiger partial charge in [-0.1, -0.05) is 6.42 Å². The molecule has 0 radical (unpaired) electrons. The first-order valence-corrected chi connectivity index (χ1v) is 9.38. The van der Waals surface area contributed by atoms with Crippen LogP contribution in [0.15, 0.2) is 0 Å². The van der Waals surface area contributed by atoms with Crippen LogP contribution >= 0.6 is 0 Å². The van der Waals surface area contributed by atoms with Gasteiger partial charge in [0.05, 0.1) is 5.25 Å². The van der Waals surface area contributed by atoms with Crippen LogP contribution in [0.25, 0.3) is 0 Å². The third-order valence-electron chi connectivity index (χ3n) is 4.22. The summed E-state index contributed by atoms with van der Waals surface area (Å²) in [6.45, 7) is 3.58. The molecule has 0 aromatic carbocycles. The molecule has 5 heteroatoms. The Morgan fingerprint density at radius 1 is 1.37 bits per heavy atom. The predicted molar refractivity (Wildman–Crippen MR) is 79.2 cm³/mol. The Balaban J connectivity index is 2.46. The number of hydrogen-bond acceptors (Lipinski definition) is 4. The van der Waals surface area contributed by atoms with Crippen LogP contribution in [-0.2, 0) is 14.6 Å². The highest BCUT2D eigenvalue weighted by atomic mass is 32.2. The standard InChI is InChI=1S/C14H29NO3S/c1-4-18-10-6-9-14(15-2)12-7-5-8-13(11-12)19(3,16)17/h12-15H,4-11H2,1-3H3. The van der Waals surface area contributed by atoms with Crippen LogP contribution in [0.1, 0.15) is 45.4 Å². The zero-order chi connectivity index (χ0) is 14.3. The molecule has 1 rings (SSSR count). The zero-order valence-corrected chi connectivity index (χ0v) is 13.3. The lowest BCUT2D eigenvalue weighted by Gasteiger charge is -2.33. The highest BCUT2D eigenvalue weighted by Gasteiger charge is 2.32. The fraction of sp³-hybridized carbons (Fsp3) is 1.00. The lowest BCUT2D eigenvalue weighted by molar-refractivity contribution is 0.136. The lowest BCUT2D eigenvalue weighted by Crippen LogP contribution is -2.39. The summed E-state index contributed by atoms with van der Waals surface area (Å²) in [7, 11) is -0.901. The van der Waals surface area contributed by atoms with Crippen LogP contribution in [0.4, 0.5) is 0 Å². The maximum absolute atomic E-state index is 11.7. The number of ether oxygens (including phenoxy) is 1. The topological polar surface area (TPSA) is 55.4 Å². The van der Waals surface area contributed by atoms with Gasteiger partial charge in [-0.05, 0) is 52.0 Å². The smallest absolute Gasteiger partial charge is 0.150 e. The molecule has 1 aliphatic carbocycles. The molecular weight excluding hydrogens is 262 g/mol. The summed E-state index contributed by atoms with van der Waals surface area (Å²) in [5.74, 6) is 0.486. The van der Waals surface area contributed by atoms with E-state index in [4.69, 9.17) is 4.74 Å². The van der Waals surface area contributed by atoms with E-state index in [1.807, 2.05) is 14.0 Å². The second-order valence-electron chi connectivity index (χ2n) is 5.61. The van der Waals surface area contributed by atoms with Crippen LogP contribution in [0.5, 0.6) is 0 Å². The van der Waals surface area contributed by atoms with Crippen LogP contribution in [0.2, 0.25) is 0 Å². The maximum Gasteiger partial charge on any atom is 0.150 e. The van der Waals surface area contributed by atoms with Crippen molar-refractivity contribution in [2.45, 2.75) is 56.7 Å². The molecule has 3 atom stereocenters. The Morgan fingerprint density at radius 2 is 2.11 bits per heavy atom. The first-order chi connectivity index (χ1) is 8.99. The molecule has 19 heavy (non-hydrogen) atoms. The summed E-state index contributed by atoms with van der Waals surface area (Å²) in [6, 6.07) is 0.421. The zero-order valence-electron chi connectivity index (χ0n) is 12.5. The van der Waals surface area contributed by atoms with Crippen LogP contribution < -0.4 is 5.32 Å². The average Bonchev–Trinajstić information content (AvgIpc) is 2.38. The molecule has 0 heterocycles. The highest BCUT2D eigenvalue weighted by Crippen LogP contribution is 2.31. The molecule has 0 spiro atoms. The van der Waals surface area contributed by atoms with Crippen molar-refractivity contribution in [2.24, 2.45) is 5.92 Å². The summed E-state index contributed by atoms with van der Waals surface area (Å²) in [5.41, 5.74) is 0. The van der Waals surface area contributed by atoms with Crippen molar-refractivity contribution in [3.63, 3.8) is 0 Å². The molecule has 0 amide bonds.